The topological polar surface area (TPSA) is 41.5 Å². The Hall–Kier alpha value is -1.06. The number of likely N-dealkylation sites (N-methyl/N-ethyl adjacent to an activating group) is 1. The number of aliphatic hydroxyl groups is 1. The van der Waals surface area contributed by atoms with Crippen molar-refractivity contribution in [3.8, 4) is 5.75 Å². The van der Waals surface area contributed by atoms with Gasteiger partial charge in [-0.1, -0.05) is 32.0 Å². The maximum absolute atomic E-state index is 9.40. The first-order valence-corrected chi connectivity index (χ1v) is 6.71. The van der Waals surface area contributed by atoms with Crippen LogP contribution in [0.25, 0.3) is 0 Å². The third-order valence-corrected chi connectivity index (χ3v) is 3.22. The third kappa shape index (κ3) is 4.31. The van der Waals surface area contributed by atoms with Crippen LogP contribution in [0.15, 0.2) is 24.3 Å². The first-order valence-electron chi connectivity index (χ1n) is 6.71. The van der Waals surface area contributed by atoms with Gasteiger partial charge in [0.05, 0.1) is 13.2 Å². The van der Waals surface area contributed by atoms with Crippen molar-refractivity contribution >= 4 is 0 Å². The van der Waals surface area contributed by atoms with Crippen LogP contribution in [-0.2, 0) is 6.42 Å². The number of rotatable bonds is 8. The average Bonchev–Trinajstić information content (AvgIpc) is 2.39. The van der Waals surface area contributed by atoms with E-state index in [9.17, 15) is 5.11 Å². The van der Waals surface area contributed by atoms with E-state index in [4.69, 9.17) is 4.74 Å². The second kappa shape index (κ2) is 7.39. The fraction of sp³-hybridized carbons (Fsp3) is 0.600. The molecule has 1 aromatic carbocycles. The van der Waals surface area contributed by atoms with Crippen molar-refractivity contribution in [2.75, 3.05) is 19.8 Å². The van der Waals surface area contributed by atoms with E-state index in [1.54, 1.807) is 0 Å². The smallest absolute Gasteiger partial charge is 0.122 e. The van der Waals surface area contributed by atoms with E-state index >= 15 is 0 Å². The van der Waals surface area contributed by atoms with Gasteiger partial charge in [0, 0.05) is 12.0 Å². The Kier molecular flexibility index (Phi) is 6.16. The van der Waals surface area contributed by atoms with E-state index < -0.39 is 0 Å². The van der Waals surface area contributed by atoms with Crippen molar-refractivity contribution < 1.29 is 9.84 Å². The Morgan fingerprint density at radius 3 is 2.61 bits per heavy atom. The quantitative estimate of drug-likeness (QED) is 0.745. The molecule has 0 heterocycles. The summed E-state index contributed by atoms with van der Waals surface area (Å²) in [5.41, 5.74) is 0.974. The highest BCUT2D eigenvalue weighted by Gasteiger charge is 2.21. The summed E-state index contributed by atoms with van der Waals surface area (Å²) < 4.78 is 5.82. The van der Waals surface area contributed by atoms with Crippen molar-refractivity contribution in [3.05, 3.63) is 29.8 Å². The summed E-state index contributed by atoms with van der Waals surface area (Å²) >= 11 is 0. The fourth-order valence-electron chi connectivity index (χ4n) is 1.97. The SMILES string of the molecule is CCNC(C)(CO)CCOc1ccccc1CC. The Bertz CT molecular complexity index is 354. The highest BCUT2D eigenvalue weighted by atomic mass is 16.5. The van der Waals surface area contributed by atoms with Crippen LogP contribution < -0.4 is 10.1 Å². The molecular weight excluding hydrogens is 226 g/mol. The minimum atomic E-state index is -0.254. The van der Waals surface area contributed by atoms with Crippen LogP contribution in [0.1, 0.15) is 32.8 Å². The van der Waals surface area contributed by atoms with Crippen LogP contribution in [0.4, 0.5) is 0 Å². The molecule has 0 aliphatic rings. The molecule has 1 atom stereocenters. The summed E-state index contributed by atoms with van der Waals surface area (Å²) in [6.07, 6.45) is 1.76. The number of nitrogens with one attached hydrogen (secondary N) is 1. The van der Waals surface area contributed by atoms with Crippen LogP contribution >= 0.6 is 0 Å². The van der Waals surface area contributed by atoms with E-state index in [1.807, 2.05) is 32.0 Å². The fourth-order valence-corrected chi connectivity index (χ4v) is 1.97. The first-order chi connectivity index (χ1) is 8.65. The van der Waals surface area contributed by atoms with Gasteiger partial charge in [-0.2, -0.15) is 0 Å². The van der Waals surface area contributed by atoms with Gasteiger partial charge in [0.1, 0.15) is 5.75 Å². The van der Waals surface area contributed by atoms with E-state index in [0.29, 0.717) is 6.61 Å². The van der Waals surface area contributed by atoms with Gasteiger partial charge in [0.2, 0.25) is 0 Å². The molecule has 0 bridgehead atoms. The molecule has 102 valence electrons. The molecule has 0 aliphatic heterocycles. The van der Waals surface area contributed by atoms with E-state index in [2.05, 4.69) is 18.3 Å². The van der Waals surface area contributed by atoms with Crippen molar-refractivity contribution in [2.45, 2.75) is 39.2 Å². The number of hydrogen-bond acceptors (Lipinski definition) is 3. The Balaban J connectivity index is 2.50. The van der Waals surface area contributed by atoms with Gasteiger partial charge >= 0.3 is 0 Å². The number of ether oxygens (including phenoxy) is 1. The maximum Gasteiger partial charge on any atom is 0.122 e. The molecule has 0 fully saturated rings. The zero-order valence-electron chi connectivity index (χ0n) is 11.7. The standard InChI is InChI=1S/C15H25NO2/c1-4-13-8-6-7-9-14(13)18-11-10-15(3,12-17)16-5-2/h6-9,16-17H,4-5,10-12H2,1-3H3. The van der Waals surface area contributed by atoms with Crippen molar-refractivity contribution in [3.63, 3.8) is 0 Å². The molecule has 2 N–H and O–H groups in total. The molecule has 3 heteroatoms. The summed E-state index contributed by atoms with van der Waals surface area (Å²) in [6, 6.07) is 8.11. The zero-order valence-corrected chi connectivity index (χ0v) is 11.7. The number of para-hydroxylation sites is 1. The predicted molar refractivity (Wildman–Crippen MR) is 75.1 cm³/mol. The number of benzene rings is 1. The number of hydrogen-bond donors (Lipinski definition) is 2. The highest BCUT2D eigenvalue weighted by Crippen LogP contribution is 2.19. The lowest BCUT2D eigenvalue weighted by atomic mass is 10.00. The summed E-state index contributed by atoms with van der Waals surface area (Å²) in [4.78, 5) is 0. The van der Waals surface area contributed by atoms with Gasteiger partial charge in [-0.15, -0.1) is 0 Å². The van der Waals surface area contributed by atoms with E-state index in [-0.39, 0.29) is 12.1 Å². The minimum Gasteiger partial charge on any atom is -0.493 e. The molecule has 3 nitrogen and oxygen atoms in total. The Morgan fingerprint density at radius 1 is 1.28 bits per heavy atom. The molecule has 0 aliphatic carbocycles. The Morgan fingerprint density at radius 2 is 2.00 bits per heavy atom. The first kappa shape index (κ1) is 15.0. The minimum absolute atomic E-state index is 0.125. The lowest BCUT2D eigenvalue weighted by molar-refractivity contribution is 0.145. The van der Waals surface area contributed by atoms with Gasteiger partial charge in [0.15, 0.2) is 0 Å². The molecule has 1 unspecified atom stereocenters. The molecule has 1 rings (SSSR count). The summed E-state index contributed by atoms with van der Waals surface area (Å²) in [7, 11) is 0. The normalized spacial score (nSPS) is 14.2. The third-order valence-electron chi connectivity index (χ3n) is 3.22. The molecule has 1 aromatic rings. The van der Waals surface area contributed by atoms with Gasteiger partial charge in [-0.25, -0.2) is 0 Å². The largest absolute Gasteiger partial charge is 0.493 e. The monoisotopic (exact) mass is 251 g/mol. The molecule has 0 aromatic heterocycles. The second-order valence-electron chi connectivity index (χ2n) is 4.81. The molecular formula is C15H25NO2. The van der Waals surface area contributed by atoms with Crippen LogP contribution in [0.5, 0.6) is 5.75 Å². The van der Waals surface area contributed by atoms with Crippen molar-refractivity contribution in [2.24, 2.45) is 0 Å². The van der Waals surface area contributed by atoms with Gasteiger partial charge in [-0.3, -0.25) is 0 Å². The molecule has 0 radical (unpaired) electrons. The molecule has 0 amide bonds. The van der Waals surface area contributed by atoms with Crippen LogP contribution in [0.3, 0.4) is 0 Å². The molecule has 18 heavy (non-hydrogen) atoms. The summed E-state index contributed by atoms with van der Waals surface area (Å²) in [5, 5.41) is 12.7. The van der Waals surface area contributed by atoms with Crippen LogP contribution in [0.2, 0.25) is 0 Å². The summed E-state index contributed by atoms with van der Waals surface area (Å²) in [5.74, 6) is 0.955. The molecule has 0 saturated heterocycles. The number of aliphatic hydroxyl groups excluding tert-OH is 1. The predicted octanol–water partition coefficient (Wildman–Crippen LogP) is 2.38. The Labute approximate surface area is 110 Å². The second-order valence-corrected chi connectivity index (χ2v) is 4.81. The van der Waals surface area contributed by atoms with Crippen molar-refractivity contribution in [1.82, 2.24) is 5.32 Å². The average molecular weight is 251 g/mol. The van der Waals surface area contributed by atoms with Crippen LogP contribution in [0, 0.1) is 0 Å². The van der Waals surface area contributed by atoms with Crippen LogP contribution in [-0.4, -0.2) is 30.4 Å². The lowest BCUT2D eigenvalue weighted by Gasteiger charge is -2.28. The van der Waals surface area contributed by atoms with Gasteiger partial charge in [-0.05, 0) is 31.5 Å². The zero-order chi connectivity index (χ0) is 13.4. The van der Waals surface area contributed by atoms with Gasteiger partial charge in [0.25, 0.3) is 0 Å². The molecule has 0 saturated carbocycles. The number of aryl methyl sites for hydroxylation is 1. The summed E-state index contributed by atoms with van der Waals surface area (Å²) in [6.45, 7) is 7.77. The van der Waals surface area contributed by atoms with E-state index in [0.717, 1.165) is 25.1 Å². The van der Waals surface area contributed by atoms with E-state index in [1.165, 1.54) is 5.56 Å². The lowest BCUT2D eigenvalue weighted by Crippen LogP contribution is -2.46. The highest BCUT2D eigenvalue weighted by molar-refractivity contribution is 5.33. The van der Waals surface area contributed by atoms with Gasteiger partial charge < -0.3 is 15.2 Å². The van der Waals surface area contributed by atoms with Crippen molar-refractivity contribution in [1.29, 1.82) is 0 Å². The molecule has 0 spiro atoms. The maximum atomic E-state index is 9.40.